The summed E-state index contributed by atoms with van der Waals surface area (Å²) in [6.45, 7) is 5.41. The fourth-order valence-corrected chi connectivity index (χ4v) is 2.50. The van der Waals surface area contributed by atoms with Crippen molar-refractivity contribution in [2.45, 2.75) is 32.1 Å². The first-order valence-electron chi connectivity index (χ1n) is 4.22. The summed E-state index contributed by atoms with van der Waals surface area (Å²) in [4.78, 5) is 3.98. The Morgan fingerprint density at radius 2 is 2.25 bits per heavy atom. The third kappa shape index (κ3) is 3.92. The molecule has 0 unspecified atom stereocenters. The summed E-state index contributed by atoms with van der Waals surface area (Å²) in [7, 11) is -1.35. The van der Waals surface area contributed by atoms with Gasteiger partial charge in [-0.1, -0.05) is 13.1 Å². The molecule has 0 aromatic carbocycles. The molecule has 0 amide bonds. The molecule has 0 saturated heterocycles. The number of nitrogens with zero attached hydrogens (tertiary/aromatic N) is 2. The molecule has 0 aliphatic heterocycles. The van der Waals surface area contributed by atoms with E-state index in [1.807, 2.05) is 18.7 Å². The fourth-order valence-electron chi connectivity index (χ4n) is 1.10. The topological polar surface area (TPSA) is 17.8 Å². The van der Waals surface area contributed by atoms with E-state index in [9.17, 15) is 0 Å². The van der Waals surface area contributed by atoms with Gasteiger partial charge in [0.1, 0.15) is 0 Å². The molecular formula is C8H15ClN2Si. The molecule has 1 aromatic rings. The van der Waals surface area contributed by atoms with Crippen LogP contribution < -0.4 is 0 Å². The average Bonchev–Trinajstić information content (AvgIpc) is 2.36. The minimum absolute atomic E-state index is 1.04. The average molecular weight is 203 g/mol. The van der Waals surface area contributed by atoms with Crippen molar-refractivity contribution >= 4 is 18.5 Å². The first kappa shape index (κ1) is 9.80. The number of hydrogen-bond donors (Lipinski definition) is 0. The number of halogens is 1. The van der Waals surface area contributed by atoms with Crippen LogP contribution in [-0.2, 0) is 6.54 Å². The van der Waals surface area contributed by atoms with Crippen LogP contribution in [0.3, 0.4) is 0 Å². The van der Waals surface area contributed by atoms with E-state index in [1.54, 1.807) is 0 Å². The maximum Gasteiger partial charge on any atom is 0.150 e. The first-order chi connectivity index (χ1) is 5.58. The Labute approximate surface area is 79.3 Å². The quantitative estimate of drug-likeness (QED) is 0.543. The Morgan fingerprint density at radius 1 is 1.50 bits per heavy atom. The molecule has 0 spiro atoms. The molecule has 1 rings (SSSR count). The van der Waals surface area contributed by atoms with Crippen molar-refractivity contribution in [3.8, 4) is 0 Å². The zero-order chi connectivity index (χ0) is 9.03. The lowest BCUT2D eigenvalue weighted by molar-refractivity contribution is 0.674. The van der Waals surface area contributed by atoms with E-state index in [0.717, 1.165) is 6.54 Å². The monoisotopic (exact) mass is 202 g/mol. The molecule has 68 valence electrons. The van der Waals surface area contributed by atoms with E-state index in [1.165, 1.54) is 12.5 Å². The highest BCUT2D eigenvalue weighted by atomic mass is 35.6. The lowest BCUT2D eigenvalue weighted by atomic mass is 10.5. The van der Waals surface area contributed by atoms with Crippen molar-refractivity contribution in [2.24, 2.45) is 0 Å². The number of imidazole rings is 1. The van der Waals surface area contributed by atoms with Gasteiger partial charge in [-0.25, -0.2) is 4.98 Å². The molecule has 4 heteroatoms. The SMILES string of the molecule is C[Si](C)(Cl)CCCn1ccnc1. The van der Waals surface area contributed by atoms with Crippen LogP contribution in [0.25, 0.3) is 0 Å². The van der Waals surface area contributed by atoms with Crippen molar-refractivity contribution in [3.05, 3.63) is 18.7 Å². The van der Waals surface area contributed by atoms with Crippen molar-refractivity contribution < 1.29 is 0 Å². The van der Waals surface area contributed by atoms with Crippen molar-refractivity contribution in [1.82, 2.24) is 9.55 Å². The molecule has 0 saturated carbocycles. The Morgan fingerprint density at radius 3 is 2.75 bits per heavy atom. The van der Waals surface area contributed by atoms with Crippen LogP contribution in [0, 0.1) is 0 Å². The summed E-state index contributed by atoms with van der Waals surface area (Å²) in [5.41, 5.74) is 0. The lowest BCUT2D eigenvalue weighted by Crippen LogP contribution is -2.16. The number of rotatable bonds is 4. The molecule has 0 aliphatic rings. The van der Waals surface area contributed by atoms with Gasteiger partial charge in [-0.05, 0) is 12.5 Å². The Bertz CT molecular complexity index is 215. The molecule has 0 atom stereocenters. The minimum atomic E-state index is -1.35. The maximum atomic E-state index is 6.19. The van der Waals surface area contributed by atoms with E-state index in [-0.39, 0.29) is 0 Å². The number of aryl methyl sites for hydroxylation is 1. The van der Waals surface area contributed by atoms with Crippen molar-refractivity contribution in [3.63, 3.8) is 0 Å². The highest BCUT2D eigenvalue weighted by Crippen LogP contribution is 2.16. The first-order valence-corrected chi connectivity index (χ1v) is 8.44. The van der Waals surface area contributed by atoms with Crippen LogP contribution in [0.1, 0.15) is 6.42 Å². The summed E-state index contributed by atoms with van der Waals surface area (Å²) in [5, 5.41) is 0. The third-order valence-corrected chi connectivity index (χ3v) is 3.86. The Kier molecular flexibility index (Phi) is 3.35. The second kappa shape index (κ2) is 4.10. The van der Waals surface area contributed by atoms with Gasteiger partial charge >= 0.3 is 0 Å². The smallest absolute Gasteiger partial charge is 0.150 e. The number of aromatic nitrogens is 2. The molecule has 0 radical (unpaired) electrons. The second-order valence-electron chi connectivity index (χ2n) is 3.62. The minimum Gasteiger partial charge on any atom is -0.338 e. The Hall–Kier alpha value is -0.283. The molecule has 12 heavy (non-hydrogen) atoms. The molecule has 0 fully saturated rings. The molecular weight excluding hydrogens is 188 g/mol. The molecule has 0 bridgehead atoms. The number of hydrogen-bond acceptors (Lipinski definition) is 1. The van der Waals surface area contributed by atoms with E-state index in [0.29, 0.717) is 0 Å². The van der Waals surface area contributed by atoms with Gasteiger partial charge in [0.15, 0.2) is 7.38 Å². The van der Waals surface area contributed by atoms with Gasteiger partial charge in [0.05, 0.1) is 6.33 Å². The predicted molar refractivity (Wildman–Crippen MR) is 55.0 cm³/mol. The predicted octanol–water partition coefficient (Wildman–Crippen LogP) is 2.72. The third-order valence-electron chi connectivity index (χ3n) is 1.75. The van der Waals surface area contributed by atoms with E-state index >= 15 is 0 Å². The largest absolute Gasteiger partial charge is 0.338 e. The second-order valence-corrected chi connectivity index (χ2v) is 10.6. The zero-order valence-corrected chi connectivity index (χ0v) is 9.38. The standard InChI is InChI=1S/C8H15ClN2Si/c1-12(2,9)7-3-5-11-6-4-10-8-11/h4,6,8H,3,5,7H2,1-2H3. The fraction of sp³-hybridized carbons (Fsp3) is 0.625. The van der Waals surface area contributed by atoms with E-state index in [2.05, 4.69) is 22.6 Å². The summed E-state index contributed by atoms with van der Waals surface area (Å²) >= 11 is 6.19. The maximum absolute atomic E-state index is 6.19. The van der Waals surface area contributed by atoms with Gasteiger partial charge in [0.2, 0.25) is 0 Å². The summed E-state index contributed by atoms with van der Waals surface area (Å²) in [6.07, 6.45) is 6.81. The van der Waals surface area contributed by atoms with Gasteiger partial charge in [0.25, 0.3) is 0 Å². The van der Waals surface area contributed by atoms with Crippen LogP contribution in [0.4, 0.5) is 0 Å². The van der Waals surface area contributed by atoms with Gasteiger partial charge in [0, 0.05) is 18.9 Å². The lowest BCUT2D eigenvalue weighted by Gasteiger charge is -2.11. The molecule has 1 aromatic heterocycles. The van der Waals surface area contributed by atoms with Crippen molar-refractivity contribution in [2.75, 3.05) is 0 Å². The van der Waals surface area contributed by atoms with Crippen molar-refractivity contribution in [1.29, 1.82) is 0 Å². The van der Waals surface area contributed by atoms with Gasteiger partial charge < -0.3 is 4.57 Å². The molecule has 0 N–H and O–H groups in total. The molecule has 0 aliphatic carbocycles. The van der Waals surface area contributed by atoms with Crippen LogP contribution >= 0.6 is 11.1 Å². The highest BCUT2D eigenvalue weighted by Gasteiger charge is 2.15. The van der Waals surface area contributed by atoms with Crippen LogP contribution in [0.2, 0.25) is 19.1 Å². The van der Waals surface area contributed by atoms with Gasteiger partial charge in [-0.2, -0.15) is 11.1 Å². The summed E-state index contributed by atoms with van der Waals surface area (Å²) < 4.78 is 2.09. The van der Waals surface area contributed by atoms with Crippen LogP contribution in [-0.4, -0.2) is 16.9 Å². The van der Waals surface area contributed by atoms with Gasteiger partial charge in [-0.15, -0.1) is 0 Å². The molecule has 1 heterocycles. The van der Waals surface area contributed by atoms with E-state index in [4.69, 9.17) is 11.1 Å². The molecule has 2 nitrogen and oxygen atoms in total. The normalized spacial score (nSPS) is 11.9. The zero-order valence-electron chi connectivity index (χ0n) is 7.63. The summed E-state index contributed by atoms with van der Waals surface area (Å²) in [5.74, 6) is 0. The highest BCUT2D eigenvalue weighted by molar-refractivity contribution is 7.19. The Balaban J connectivity index is 2.20. The summed E-state index contributed by atoms with van der Waals surface area (Å²) in [6, 6.07) is 1.17. The van der Waals surface area contributed by atoms with Crippen LogP contribution in [0.5, 0.6) is 0 Å². The van der Waals surface area contributed by atoms with Gasteiger partial charge in [-0.3, -0.25) is 0 Å². The van der Waals surface area contributed by atoms with E-state index < -0.39 is 7.38 Å². The van der Waals surface area contributed by atoms with Crippen LogP contribution in [0.15, 0.2) is 18.7 Å².